The van der Waals surface area contributed by atoms with Crippen molar-refractivity contribution in [2.24, 2.45) is 0 Å². The summed E-state index contributed by atoms with van der Waals surface area (Å²) in [4.78, 5) is 0. The molecule has 0 aliphatic carbocycles. The highest BCUT2D eigenvalue weighted by Gasteiger charge is 1.97. The van der Waals surface area contributed by atoms with Crippen molar-refractivity contribution in [2.75, 3.05) is 27.7 Å². The van der Waals surface area contributed by atoms with Crippen LogP contribution in [0.5, 0.6) is 0 Å². The molecule has 0 rings (SSSR count). The number of halogens is 2. The zero-order chi connectivity index (χ0) is 5.21. The average molecular weight is 161 g/mol. The molecule has 0 spiro atoms. The van der Waals surface area contributed by atoms with Crippen LogP contribution in [0.4, 0.5) is 0 Å². The van der Waals surface area contributed by atoms with E-state index in [9.17, 15) is 0 Å². The van der Waals surface area contributed by atoms with E-state index in [1.807, 2.05) is 0 Å². The molecule has 0 fully saturated rings. The maximum absolute atomic E-state index is 2.18. The molecule has 0 aromatic rings. The first kappa shape index (κ1) is 15.8. The second-order valence-electron chi connectivity index (χ2n) is 2.61. The van der Waals surface area contributed by atoms with Crippen molar-refractivity contribution < 1.29 is 4.48 Å². The fourth-order valence-corrected chi connectivity index (χ4v) is 0. The van der Waals surface area contributed by atoms with Crippen LogP contribution < -0.4 is 0 Å². The molecule has 0 atom stereocenters. The Labute approximate surface area is 64.5 Å². The van der Waals surface area contributed by atoms with E-state index in [0.29, 0.717) is 0 Å². The molecule has 0 N–H and O–H groups in total. The normalized spacial score (nSPS) is 9.00. The van der Waals surface area contributed by atoms with E-state index in [1.54, 1.807) is 0 Å². The molecule has 0 saturated carbocycles. The van der Waals surface area contributed by atoms with Gasteiger partial charge in [0.25, 0.3) is 0 Å². The summed E-state index contributed by atoms with van der Waals surface area (Å²) in [5.41, 5.74) is 0. The van der Waals surface area contributed by atoms with Gasteiger partial charge in [0.05, 0.1) is 27.7 Å². The van der Waals surface area contributed by atoms with Gasteiger partial charge in [-0.2, -0.15) is 0 Å². The predicted octanol–water partition coefficient (Wildman–Crippen LogP) is 1.56. The van der Waals surface area contributed by atoms with Crippen LogP contribution in [0.1, 0.15) is 6.92 Å². The van der Waals surface area contributed by atoms with Gasteiger partial charge in [-0.3, -0.25) is 0 Å². The monoisotopic (exact) mass is 160 g/mol. The summed E-state index contributed by atoms with van der Waals surface area (Å²) >= 11 is 0. The summed E-state index contributed by atoms with van der Waals surface area (Å²) < 4.78 is 1.07. The summed E-state index contributed by atoms with van der Waals surface area (Å²) in [7, 11) is 6.54. The molecule has 54 valence electrons. The number of rotatable bonds is 1. The van der Waals surface area contributed by atoms with Crippen LogP contribution in [0.2, 0.25) is 0 Å². The third-order valence-electron chi connectivity index (χ3n) is 0.949. The molecule has 1 nitrogen and oxygen atoms in total. The third kappa shape index (κ3) is 16.0. The topological polar surface area (TPSA) is 0 Å². The lowest BCUT2D eigenvalue weighted by Gasteiger charge is -2.20. The highest BCUT2D eigenvalue weighted by molar-refractivity contribution is 5.85. The lowest BCUT2D eigenvalue weighted by molar-refractivity contribution is -0.868. The maximum atomic E-state index is 2.18. The van der Waals surface area contributed by atoms with Gasteiger partial charge in [0, 0.05) is 0 Å². The van der Waals surface area contributed by atoms with Crippen molar-refractivity contribution in [3.05, 3.63) is 0 Å². The summed E-state index contributed by atoms with van der Waals surface area (Å²) in [6.07, 6.45) is 0. The van der Waals surface area contributed by atoms with Crippen molar-refractivity contribution in [3.63, 3.8) is 0 Å². The Balaban J connectivity index is -0.000000125. The van der Waals surface area contributed by atoms with Crippen molar-refractivity contribution in [2.45, 2.75) is 6.92 Å². The summed E-state index contributed by atoms with van der Waals surface area (Å²) in [6, 6.07) is 0. The number of quaternary nitrogens is 1. The van der Waals surface area contributed by atoms with Crippen LogP contribution >= 0.6 is 24.8 Å². The maximum Gasteiger partial charge on any atom is 0.0751 e. The van der Waals surface area contributed by atoms with Crippen molar-refractivity contribution in [3.8, 4) is 0 Å². The van der Waals surface area contributed by atoms with E-state index in [2.05, 4.69) is 28.1 Å². The first-order valence-electron chi connectivity index (χ1n) is 2.36. The van der Waals surface area contributed by atoms with Crippen LogP contribution in [0, 0.1) is 0 Å². The van der Waals surface area contributed by atoms with E-state index >= 15 is 0 Å². The van der Waals surface area contributed by atoms with Gasteiger partial charge < -0.3 is 4.48 Å². The Morgan fingerprint density at radius 2 is 1.12 bits per heavy atom. The quantitative estimate of drug-likeness (QED) is 0.512. The number of hydrogen-bond donors (Lipinski definition) is 0. The predicted molar refractivity (Wildman–Crippen MR) is 43.1 cm³/mol. The minimum Gasteiger partial charge on any atom is -0.331 e. The molecule has 0 heterocycles. The summed E-state index contributed by atoms with van der Waals surface area (Å²) in [6.45, 7) is 3.39. The lowest BCUT2D eigenvalue weighted by atomic mass is 10.6. The third-order valence-corrected chi connectivity index (χ3v) is 0.949. The molecule has 0 radical (unpaired) electrons. The SMILES string of the molecule is CC[N+](C)(C)C.Cl.Cl. The smallest absolute Gasteiger partial charge is 0.0751 e. The van der Waals surface area contributed by atoms with Crippen molar-refractivity contribution in [1.29, 1.82) is 0 Å². The minimum absolute atomic E-state index is 0. The first-order chi connectivity index (χ1) is 2.56. The van der Waals surface area contributed by atoms with Gasteiger partial charge in [-0.15, -0.1) is 24.8 Å². The molecule has 0 amide bonds. The van der Waals surface area contributed by atoms with Crippen LogP contribution in [0.15, 0.2) is 0 Å². The van der Waals surface area contributed by atoms with Gasteiger partial charge in [-0.05, 0) is 6.92 Å². The Morgan fingerprint density at radius 3 is 1.12 bits per heavy atom. The summed E-state index contributed by atoms with van der Waals surface area (Å²) in [5, 5.41) is 0. The van der Waals surface area contributed by atoms with Gasteiger partial charge in [-0.1, -0.05) is 0 Å². The minimum atomic E-state index is 0. The molecule has 0 aliphatic rings. The van der Waals surface area contributed by atoms with Gasteiger partial charge in [0.1, 0.15) is 0 Å². The zero-order valence-corrected chi connectivity index (χ0v) is 7.60. The van der Waals surface area contributed by atoms with Gasteiger partial charge in [0.15, 0.2) is 0 Å². The Kier molecular flexibility index (Phi) is 11.2. The molecular formula is C5H16Cl2N+. The molecular weight excluding hydrogens is 145 g/mol. The standard InChI is InChI=1S/C5H14N.2ClH/c1-5-6(2,3)4;;/h5H2,1-4H3;2*1H/q+1;;. The average Bonchev–Trinajstić information content (AvgIpc) is 1.35. The van der Waals surface area contributed by atoms with Gasteiger partial charge >= 0.3 is 0 Å². The molecule has 0 unspecified atom stereocenters. The fourth-order valence-electron chi connectivity index (χ4n) is 0. The second-order valence-corrected chi connectivity index (χ2v) is 2.61. The fraction of sp³-hybridized carbons (Fsp3) is 1.00. The second kappa shape index (κ2) is 5.67. The highest BCUT2D eigenvalue weighted by Crippen LogP contribution is 1.83. The molecule has 0 aliphatic heterocycles. The van der Waals surface area contributed by atoms with E-state index in [1.165, 1.54) is 6.54 Å². The van der Waals surface area contributed by atoms with E-state index in [-0.39, 0.29) is 24.8 Å². The number of nitrogens with zero attached hydrogens (tertiary/aromatic N) is 1. The van der Waals surface area contributed by atoms with Crippen LogP contribution in [-0.2, 0) is 0 Å². The van der Waals surface area contributed by atoms with Gasteiger partial charge in [-0.25, -0.2) is 0 Å². The summed E-state index contributed by atoms with van der Waals surface area (Å²) in [5.74, 6) is 0. The van der Waals surface area contributed by atoms with Crippen LogP contribution in [0.3, 0.4) is 0 Å². The lowest BCUT2D eigenvalue weighted by Crippen LogP contribution is -2.33. The van der Waals surface area contributed by atoms with Crippen LogP contribution in [0.25, 0.3) is 0 Å². The molecule has 0 bridgehead atoms. The Hall–Kier alpha value is 0.540. The van der Waals surface area contributed by atoms with E-state index in [0.717, 1.165) is 4.48 Å². The molecule has 3 heteroatoms. The van der Waals surface area contributed by atoms with Crippen molar-refractivity contribution in [1.82, 2.24) is 0 Å². The van der Waals surface area contributed by atoms with E-state index < -0.39 is 0 Å². The van der Waals surface area contributed by atoms with Gasteiger partial charge in [0.2, 0.25) is 0 Å². The largest absolute Gasteiger partial charge is 0.331 e. The molecule has 0 aromatic heterocycles. The highest BCUT2D eigenvalue weighted by atomic mass is 35.5. The molecule has 0 saturated heterocycles. The zero-order valence-electron chi connectivity index (χ0n) is 5.97. The molecule has 8 heavy (non-hydrogen) atoms. The molecule has 0 aromatic carbocycles. The first-order valence-corrected chi connectivity index (χ1v) is 2.36. The number of hydrogen-bond acceptors (Lipinski definition) is 0. The Bertz CT molecular complexity index is 40.2. The van der Waals surface area contributed by atoms with E-state index in [4.69, 9.17) is 0 Å². The van der Waals surface area contributed by atoms with Crippen LogP contribution in [-0.4, -0.2) is 32.2 Å². The Morgan fingerprint density at radius 1 is 1.00 bits per heavy atom. The van der Waals surface area contributed by atoms with Crippen molar-refractivity contribution >= 4 is 24.8 Å².